The van der Waals surface area contributed by atoms with Gasteiger partial charge in [-0.25, -0.2) is 0 Å². The van der Waals surface area contributed by atoms with E-state index in [2.05, 4.69) is 59.0 Å². The molecule has 0 heterocycles. The molecule has 3 heteroatoms. The van der Waals surface area contributed by atoms with Crippen LogP contribution in [0.1, 0.15) is 43.4 Å². The highest BCUT2D eigenvalue weighted by Crippen LogP contribution is 2.17. The molecule has 0 bridgehead atoms. The highest BCUT2D eigenvalue weighted by atomic mass is 127. The zero-order chi connectivity index (χ0) is 17.5. The molecule has 2 aromatic rings. The van der Waals surface area contributed by atoms with Crippen molar-refractivity contribution in [2.75, 3.05) is 0 Å². The molecule has 0 aliphatic carbocycles. The fraction of sp³-hybridized carbons (Fsp3) is 0.333. The molecular formula is C21H23IO2. The van der Waals surface area contributed by atoms with E-state index in [1.807, 2.05) is 26.0 Å². The van der Waals surface area contributed by atoms with E-state index in [4.69, 9.17) is 0 Å². The number of ketones is 2. The Hall–Kier alpha value is -1.49. The summed E-state index contributed by atoms with van der Waals surface area (Å²) in [6.07, 6.45) is 2.24. The Morgan fingerprint density at radius 3 is 1.67 bits per heavy atom. The van der Waals surface area contributed by atoms with Crippen LogP contribution in [0.25, 0.3) is 0 Å². The van der Waals surface area contributed by atoms with Gasteiger partial charge in [-0.15, -0.1) is 0 Å². The normalized spacial score (nSPS) is 10.8. The van der Waals surface area contributed by atoms with E-state index in [-0.39, 0.29) is 11.6 Å². The zero-order valence-electron chi connectivity index (χ0n) is 14.2. The molecule has 0 aliphatic rings. The molecule has 0 amide bonds. The fourth-order valence-electron chi connectivity index (χ4n) is 2.77. The molecule has 0 aliphatic heterocycles. The summed E-state index contributed by atoms with van der Waals surface area (Å²) in [5.41, 5.74) is 3.57. The third kappa shape index (κ3) is 5.26. The van der Waals surface area contributed by atoms with Crippen molar-refractivity contribution in [1.29, 1.82) is 0 Å². The van der Waals surface area contributed by atoms with Crippen molar-refractivity contribution in [2.45, 2.75) is 39.5 Å². The molecule has 0 atom stereocenters. The first kappa shape index (κ1) is 18.8. The van der Waals surface area contributed by atoms with Gasteiger partial charge in [-0.3, -0.25) is 9.59 Å². The van der Waals surface area contributed by atoms with Crippen LogP contribution in [0.4, 0.5) is 0 Å². The second-order valence-corrected chi connectivity index (χ2v) is 7.26. The minimum atomic E-state index is -0.484. The second-order valence-electron chi connectivity index (χ2n) is 6.02. The summed E-state index contributed by atoms with van der Waals surface area (Å²) < 4.78 is 1.24. The van der Waals surface area contributed by atoms with Crippen LogP contribution < -0.4 is 0 Å². The lowest BCUT2D eigenvalue weighted by molar-refractivity contribution is -0.132. The number of carbonyl (C=O) groups is 2. The molecule has 0 unspecified atom stereocenters. The molecule has 0 aromatic heterocycles. The van der Waals surface area contributed by atoms with Gasteiger partial charge in [0.15, 0.2) is 0 Å². The van der Waals surface area contributed by atoms with Crippen LogP contribution in [0, 0.1) is 9.49 Å². The van der Waals surface area contributed by atoms with Gasteiger partial charge in [-0.05, 0) is 64.3 Å². The van der Waals surface area contributed by atoms with E-state index in [1.165, 1.54) is 14.7 Å². The highest BCUT2D eigenvalue weighted by Gasteiger charge is 2.23. The van der Waals surface area contributed by atoms with E-state index in [0.29, 0.717) is 19.3 Å². The summed E-state index contributed by atoms with van der Waals surface area (Å²) in [6.45, 7) is 3.64. The van der Waals surface area contributed by atoms with E-state index >= 15 is 0 Å². The molecule has 0 saturated carbocycles. The average Bonchev–Trinajstić information content (AvgIpc) is 2.61. The number of hydrogen-bond acceptors (Lipinski definition) is 2. The topological polar surface area (TPSA) is 34.1 Å². The van der Waals surface area contributed by atoms with Gasteiger partial charge in [0.25, 0.3) is 0 Å². The standard InChI is InChI=1S/C21H23IO2/c1-3-20(23)19(21(24)4-2)14-17-7-5-15(6-8-17)13-16-9-11-18(22)12-10-16/h5-12,19H,3-4,13-14H2,1-2H3. The van der Waals surface area contributed by atoms with Crippen LogP contribution in [0.3, 0.4) is 0 Å². The van der Waals surface area contributed by atoms with Gasteiger partial charge in [0.05, 0.1) is 5.92 Å². The third-order valence-electron chi connectivity index (χ3n) is 4.26. The van der Waals surface area contributed by atoms with Crippen molar-refractivity contribution < 1.29 is 9.59 Å². The smallest absolute Gasteiger partial charge is 0.143 e. The molecular weight excluding hydrogens is 411 g/mol. The molecule has 0 radical (unpaired) electrons. The number of benzene rings is 2. The summed E-state index contributed by atoms with van der Waals surface area (Å²) in [5.74, 6) is -0.392. The van der Waals surface area contributed by atoms with Gasteiger partial charge in [-0.2, -0.15) is 0 Å². The van der Waals surface area contributed by atoms with Crippen molar-refractivity contribution in [1.82, 2.24) is 0 Å². The average molecular weight is 434 g/mol. The Balaban J connectivity index is 2.06. The molecule has 0 spiro atoms. The van der Waals surface area contributed by atoms with Crippen LogP contribution in [0.2, 0.25) is 0 Å². The van der Waals surface area contributed by atoms with E-state index in [9.17, 15) is 9.59 Å². The largest absolute Gasteiger partial charge is 0.299 e. The molecule has 2 nitrogen and oxygen atoms in total. The summed E-state index contributed by atoms with van der Waals surface area (Å²) in [7, 11) is 0. The number of hydrogen-bond donors (Lipinski definition) is 0. The molecule has 126 valence electrons. The second kappa shape index (κ2) is 9.11. The number of carbonyl (C=O) groups excluding carboxylic acids is 2. The minimum Gasteiger partial charge on any atom is -0.299 e. The van der Waals surface area contributed by atoms with Crippen LogP contribution in [0.5, 0.6) is 0 Å². The Kier molecular flexibility index (Phi) is 7.16. The molecule has 2 aromatic carbocycles. The predicted molar refractivity (Wildman–Crippen MR) is 106 cm³/mol. The maximum absolute atomic E-state index is 12.0. The predicted octanol–water partition coefficient (Wildman–Crippen LogP) is 5.00. The first-order chi connectivity index (χ1) is 11.5. The van der Waals surface area contributed by atoms with Gasteiger partial charge in [0.2, 0.25) is 0 Å². The Bertz CT molecular complexity index is 671. The van der Waals surface area contributed by atoms with Crippen molar-refractivity contribution >= 4 is 34.2 Å². The SMILES string of the molecule is CCC(=O)C(Cc1ccc(Cc2ccc(I)cc2)cc1)C(=O)CC. The maximum Gasteiger partial charge on any atom is 0.143 e. The van der Waals surface area contributed by atoms with Crippen molar-refractivity contribution in [3.63, 3.8) is 0 Å². The molecule has 0 N–H and O–H groups in total. The molecule has 0 fully saturated rings. The lowest BCUT2D eigenvalue weighted by Gasteiger charge is -2.13. The van der Waals surface area contributed by atoms with E-state index < -0.39 is 5.92 Å². The molecule has 0 saturated heterocycles. The number of Topliss-reactive ketones (excluding diaryl/α,β-unsaturated/α-hetero) is 2. The first-order valence-electron chi connectivity index (χ1n) is 8.41. The lowest BCUT2D eigenvalue weighted by atomic mass is 9.88. The summed E-state index contributed by atoms with van der Waals surface area (Å²) in [6, 6.07) is 16.8. The Morgan fingerprint density at radius 2 is 1.21 bits per heavy atom. The molecule has 24 heavy (non-hydrogen) atoms. The van der Waals surface area contributed by atoms with E-state index in [1.54, 1.807) is 0 Å². The van der Waals surface area contributed by atoms with Gasteiger partial charge in [0, 0.05) is 16.4 Å². The van der Waals surface area contributed by atoms with Gasteiger partial charge in [0.1, 0.15) is 11.6 Å². The van der Waals surface area contributed by atoms with Gasteiger partial charge < -0.3 is 0 Å². The minimum absolute atomic E-state index is 0.0461. The maximum atomic E-state index is 12.0. The monoisotopic (exact) mass is 434 g/mol. The van der Waals surface area contributed by atoms with Crippen molar-refractivity contribution in [3.8, 4) is 0 Å². The highest BCUT2D eigenvalue weighted by molar-refractivity contribution is 14.1. The third-order valence-corrected chi connectivity index (χ3v) is 4.98. The van der Waals surface area contributed by atoms with Crippen LogP contribution in [-0.2, 0) is 22.4 Å². The number of halogens is 1. The Morgan fingerprint density at radius 1 is 0.792 bits per heavy atom. The Labute approximate surface area is 157 Å². The zero-order valence-corrected chi connectivity index (χ0v) is 16.4. The van der Waals surface area contributed by atoms with Crippen LogP contribution in [0.15, 0.2) is 48.5 Å². The van der Waals surface area contributed by atoms with Crippen LogP contribution >= 0.6 is 22.6 Å². The van der Waals surface area contributed by atoms with Gasteiger partial charge >= 0.3 is 0 Å². The lowest BCUT2D eigenvalue weighted by Crippen LogP contribution is -2.25. The summed E-state index contributed by atoms with van der Waals surface area (Å²) in [4.78, 5) is 24.1. The quantitative estimate of drug-likeness (QED) is 0.433. The first-order valence-corrected chi connectivity index (χ1v) is 9.49. The summed E-state index contributed by atoms with van der Waals surface area (Å²) >= 11 is 2.30. The van der Waals surface area contributed by atoms with Crippen LogP contribution in [-0.4, -0.2) is 11.6 Å². The number of rotatable bonds is 8. The van der Waals surface area contributed by atoms with Gasteiger partial charge in [-0.1, -0.05) is 50.2 Å². The fourth-order valence-corrected chi connectivity index (χ4v) is 3.13. The summed E-state index contributed by atoms with van der Waals surface area (Å²) in [5, 5.41) is 0. The van der Waals surface area contributed by atoms with Crippen molar-refractivity contribution in [2.24, 2.45) is 5.92 Å². The van der Waals surface area contributed by atoms with Crippen molar-refractivity contribution in [3.05, 3.63) is 68.8 Å². The molecule has 2 rings (SSSR count). The van der Waals surface area contributed by atoms with E-state index in [0.717, 1.165) is 12.0 Å².